The van der Waals surface area contributed by atoms with E-state index in [0.717, 1.165) is 0 Å². The van der Waals surface area contributed by atoms with Gasteiger partial charge in [-0.3, -0.25) is 9.59 Å². The Balaban J connectivity index is 2.26. The largest absolute Gasteiger partial charge is 0.469 e. The first kappa shape index (κ1) is 8.04. The molecule has 1 fully saturated rings. The van der Waals surface area contributed by atoms with Crippen LogP contribution in [0.1, 0.15) is 13.3 Å². The molecule has 0 aromatic heterocycles. The number of carbonyl (C=O) groups excluding carboxylic acids is 2. The highest BCUT2D eigenvalue weighted by Gasteiger charge is 2.46. The molecule has 0 amide bonds. The predicted molar refractivity (Wildman–Crippen MR) is 35.7 cm³/mol. The summed E-state index contributed by atoms with van der Waals surface area (Å²) < 4.78 is 9.21. The molecule has 0 radical (unpaired) electrons. The number of carbonyl (C=O) groups is 2. The number of hydrogen-bond donors (Lipinski definition) is 0. The van der Waals surface area contributed by atoms with Gasteiger partial charge < -0.3 is 9.47 Å². The zero-order valence-electron chi connectivity index (χ0n) is 6.49. The van der Waals surface area contributed by atoms with Gasteiger partial charge in [0, 0.05) is 13.3 Å². The summed E-state index contributed by atoms with van der Waals surface area (Å²) in [5.41, 5.74) is 0. The average Bonchev–Trinajstić information content (AvgIpc) is 2.65. The van der Waals surface area contributed by atoms with Gasteiger partial charge in [-0.2, -0.15) is 0 Å². The van der Waals surface area contributed by atoms with Crippen LogP contribution in [0.2, 0.25) is 0 Å². The van der Waals surface area contributed by atoms with Crippen molar-refractivity contribution in [3.05, 3.63) is 0 Å². The van der Waals surface area contributed by atoms with Gasteiger partial charge in [0.15, 0.2) is 0 Å². The van der Waals surface area contributed by atoms with Crippen LogP contribution in [0.5, 0.6) is 0 Å². The van der Waals surface area contributed by atoms with Crippen molar-refractivity contribution in [2.75, 3.05) is 7.11 Å². The van der Waals surface area contributed by atoms with Crippen LogP contribution in [0.3, 0.4) is 0 Å². The number of hydrogen-bond acceptors (Lipinski definition) is 4. The van der Waals surface area contributed by atoms with Crippen molar-refractivity contribution in [1.29, 1.82) is 0 Å². The van der Waals surface area contributed by atoms with Crippen molar-refractivity contribution in [3.8, 4) is 0 Å². The summed E-state index contributed by atoms with van der Waals surface area (Å²) in [6.45, 7) is 1.33. The standard InChI is InChI=1S/C7H10O4/c1-4(8)11-6-3-5(6)7(9)10-2/h5-6H,3H2,1-2H3/t5-,6-/m0/s1. The molecule has 0 aliphatic heterocycles. The molecule has 11 heavy (non-hydrogen) atoms. The number of rotatable bonds is 2. The second kappa shape index (κ2) is 2.90. The Bertz CT molecular complexity index is 187. The van der Waals surface area contributed by atoms with Gasteiger partial charge in [-0.05, 0) is 0 Å². The highest BCUT2D eigenvalue weighted by molar-refractivity contribution is 5.77. The van der Waals surface area contributed by atoms with Crippen LogP contribution in [0.15, 0.2) is 0 Å². The quantitative estimate of drug-likeness (QED) is 0.535. The van der Waals surface area contributed by atoms with Crippen LogP contribution in [-0.4, -0.2) is 25.2 Å². The normalized spacial score (nSPS) is 27.5. The minimum atomic E-state index is -0.346. The first-order valence-corrected chi connectivity index (χ1v) is 3.40. The predicted octanol–water partition coefficient (Wildman–Crippen LogP) is 0.111. The molecule has 1 aliphatic carbocycles. The third-order valence-electron chi connectivity index (χ3n) is 1.55. The van der Waals surface area contributed by atoms with Crippen LogP contribution in [-0.2, 0) is 19.1 Å². The van der Waals surface area contributed by atoms with Gasteiger partial charge in [-0.15, -0.1) is 0 Å². The fourth-order valence-electron chi connectivity index (χ4n) is 0.915. The van der Waals surface area contributed by atoms with Crippen LogP contribution in [0.4, 0.5) is 0 Å². The summed E-state index contributed by atoms with van der Waals surface area (Å²) in [7, 11) is 1.32. The van der Waals surface area contributed by atoms with E-state index in [-0.39, 0.29) is 24.0 Å². The van der Waals surface area contributed by atoms with Crippen LogP contribution in [0.25, 0.3) is 0 Å². The molecule has 0 unspecified atom stereocenters. The van der Waals surface area contributed by atoms with Crippen molar-refractivity contribution in [3.63, 3.8) is 0 Å². The van der Waals surface area contributed by atoms with E-state index in [1.807, 2.05) is 0 Å². The second-order valence-electron chi connectivity index (χ2n) is 2.51. The first-order valence-electron chi connectivity index (χ1n) is 3.40. The fourth-order valence-corrected chi connectivity index (χ4v) is 0.915. The van der Waals surface area contributed by atoms with Gasteiger partial charge >= 0.3 is 11.9 Å². The number of ether oxygens (including phenoxy) is 2. The lowest BCUT2D eigenvalue weighted by atomic mass is 10.4. The van der Waals surface area contributed by atoms with Crippen molar-refractivity contribution < 1.29 is 19.1 Å². The van der Waals surface area contributed by atoms with Gasteiger partial charge in [0.1, 0.15) is 6.10 Å². The van der Waals surface area contributed by atoms with E-state index in [1.54, 1.807) is 0 Å². The molecule has 0 spiro atoms. The van der Waals surface area contributed by atoms with Gasteiger partial charge in [0.25, 0.3) is 0 Å². The molecule has 0 aromatic carbocycles. The Morgan fingerprint density at radius 2 is 2.09 bits per heavy atom. The van der Waals surface area contributed by atoms with E-state index in [1.165, 1.54) is 14.0 Å². The summed E-state index contributed by atoms with van der Waals surface area (Å²) in [5.74, 6) is -0.860. The van der Waals surface area contributed by atoms with E-state index in [0.29, 0.717) is 6.42 Å². The zero-order chi connectivity index (χ0) is 8.43. The van der Waals surface area contributed by atoms with Gasteiger partial charge in [0.05, 0.1) is 13.0 Å². The summed E-state index contributed by atoms with van der Waals surface area (Å²) in [6, 6.07) is 0. The molecule has 1 rings (SSSR count). The topological polar surface area (TPSA) is 52.6 Å². The molecular weight excluding hydrogens is 148 g/mol. The minimum absolute atomic E-state index is 0.219. The Labute approximate surface area is 64.5 Å². The van der Waals surface area contributed by atoms with Crippen LogP contribution >= 0.6 is 0 Å². The highest BCUT2D eigenvalue weighted by atomic mass is 16.6. The fraction of sp³-hybridized carbons (Fsp3) is 0.714. The van der Waals surface area contributed by atoms with Crippen molar-refractivity contribution >= 4 is 11.9 Å². The van der Waals surface area contributed by atoms with E-state index in [9.17, 15) is 9.59 Å². The number of esters is 2. The summed E-state index contributed by atoms with van der Waals surface area (Å²) in [6.07, 6.45) is 0.367. The summed E-state index contributed by atoms with van der Waals surface area (Å²) in [4.78, 5) is 21.1. The van der Waals surface area contributed by atoms with Gasteiger partial charge in [0.2, 0.25) is 0 Å². The Kier molecular flexibility index (Phi) is 2.12. The van der Waals surface area contributed by atoms with E-state index in [2.05, 4.69) is 4.74 Å². The van der Waals surface area contributed by atoms with E-state index in [4.69, 9.17) is 4.74 Å². The monoisotopic (exact) mass is 158 g/mol. The molecule has 4 heteroatoms. The van der Waals surface area contributed by atoms with Crippen LogP contribution in [0, 0.1) is 5.92 Å². The first-order chi connectivity index (χ1) is 5.15. The third kappa shape index (κ3) is 1.93. The minimum Gasteiger partial charge on any atom is -0.469 e. The molecular formula is C7H10O4. The lowest BCUT2D eigenvalue weighted by molar-refractivity contribution is -0.147. The molecule has 0 aromatic rings. The zero-order valence-corrected chi connectivity index (χ0v) is 6.49. The van der Waals surface area contributed by atoms with E-state index < -0.39 is 0 Å². The maximum atomic E-state index is 10.8. The lowest BCUT2D eigenvalue weighted by Gasteiger charge is -1.98. The smallest absolute Gasteiger partial charge is 0.312 e. The lowest BCUT2D eigenvalue weighted by Crippen LogP contribution is -2.10. The average molecular weight is 158 g/mol. The maximum absolute atomic E-state index is 10.8. The Morgan fingerprint density at radius 3 is 2.55 bits per heavy atom. The van der Waals surface area contributed by atoms with Crippen molar-refractivity contribution in [2.24, 2.45) is 5.92 Å². The van der Waals surface area contributed by atoms with Crippen molar-refractivity contribution in [2.45, 2.75) is 19.4 Å². The molecule has 0 bridgehead atoms. The molecule has 0 heterocycles. The van der Waals surface area contributed by atoms with Gasteiger partial charge in [-0.1, -0.05) is 0 Å². The molecule has 1 aliphatic rings. The molecule has 4 nitrogen and oxygen atoms in total. The van der Waals surface area contributed by atoms with Crippen LogP contribution < -0.4 is 0 Å². The summed E-state index contributed by atoms with van der Waals surface area (Å²) in [5, 5.41) is 0. The molecule has 0 N–H and O–H groups in total. The second-order valence-corrected chi connectivity index (χ2v) is 2.51. The maximum Gasteiger partial charge on any atom is 0.312 e. The molecule has 2 atom stereocenters. The summed E-state index contributed by atoms with van der Waals surface area (Å²) >= 11 is 0. The SMILES string of the molecule is COC(=O)[C@H]1C[C@@H]1OC(C)=O. The Morgan fingerprint density at radius 1 is 1.45 bits per heavy atom. The third-order valence-corrected chi connectivity index (χ3v) is 1.55. The Hall–Kier alpha value is -1.06. The molecule has 62 valence electrons. The number of methoxy groups -OCH3 is 1. The highest BCUT2D eigenvalue weighted by Crippen LogP contribution is 2.34. The van der Waals surface area contributed by atoms with Gasteiger partial charge in [-0.25, -0.2) is 0 Å². The molecule has 1 saturated carbocycles. The van der Waals surface area contributed by atoms with E-state index >= 15 is 0 Å². The van der Waals surface area contributed by atoms with Crippen molar-refractivity contribution in [1.82, 2.24) is 0 Å². The molecule has 0 saturated heterocycles.